The van der Waals surface area contributed by atoms with E-state index in [9.17, 15) is 4.79 Å². The van der Waals surface area contributed by atoms with Crippen LogP contribution in [0.25, 0.3) is 0 Å². The molecule has 1 saturated heterocycles. The van der Waals surface area contributed by atoms with Crippen molar-refractivity contribution in [2.75, 3.05) is 31.7 Å². The van der Waals surface area contributed by atoms with Crippen LogP contribution in [0, 0.1) is 5.41 Å². The van der Waals surface area contributed by atoms with Gasteiger partial charge in [-0.3, -0.25) is 4.79 Å². The number of hydrogen-bond donors (Lipinski definition) is 1. The molecule has 2 N–H and O–H groups in total. The molecule has 0 bridgehead atoms. The van der Waals surface area contributed by atoms with Crippen LogP contribution in [0.5, 0.6) is 0 Å². The quantitative estimate of drug-likeness (QED) is 0.812. The molecule has 2 rings (SSSR count). The van der Waals surface area contributed by atoms with Crippen LogP contribution in [0.2, 0.25) is 0 Å². The van der Waals surface area contributed by atoms with Gasteiger partial charge >= 0.3 is 0 Å². The van der Waals surface area contributed by atoms with E-state index in [2.05, 4.69) is 0 Å². The Balaban J connectivity index is 2.16. The average molecular weight is 220 g/mol. The normalized spacial score (nSPS) is 17.6. The van der Waals surface area contributed by atoms with Crippen molar-refractivity contribution in [2.45, 2.75) is 0 Å². The molecule has 4 heteroatoms. The second-order valence-electron chi connectivity index (χ2n) is 4.18. The molecule has 0 atom stereocenters. The van der Waals surface area contributed by atoms with E-state index in [1.807, 2.05) is 30.3 Å². The van der Waals surface area contributed by atoms with Gasteiger partial charge < -0.3 is 15.4 Å². The van der Waals surface area contributed by atoms with Crippen molar-refractivity contribution >= 4 is 11.6 Å². The Morgan fingerprint density at radius 1 is 1.44 bits per heavy atom. The number of carbonyl (C=O) groups excluding carboxylic acids is 1. The Morgan fingerprint density at radius 3 is 2.50 bits per heavy atom. The van der Waals surface area contributed by atoms with E-state index in [0.29, 0.717) is 19.8 Å². The largest absolute Gasteiger partial charge is 0.379 e. The second-order valence-corrected chi connectivity index (χ2v) is 4.18. The molecule has 86 valence electrons. The molecule has 0 spiro atoms. The van der Waals surface area contributed by atoms with Crippen LogP contribution in [0.3, 0.4) is 0 Å². The van der Waals surface area contributed by atoms with Gasteiger partial charge in [0, 0.05) is 19.3 Å². The zero-order chi connectivity index (χ0) is 11.6. The molecule has 1 heterocycles. The minimum Gasteiger partial charge on any atom is -0.379 e. The van der Waals surface area contributed by atoms with Gasteiger partial charge in [-0.25, -0.2) is 0 Å². The summed E-state index contributed by atoms with van der Waals surface area (Å²) in [5.41, 5.74) is 6.03. The van der Waals surface area contributed by atoms with Gasteiger partial charge in [0.05, 0.1) is 13.2 Å². The Morgan fingerprint density at radius 2 is 2.06 bits per heavy atom. The molecule has 4 nitrogen and oxygen atoms in total. The van der Waals surface area contributed by atoms with Crippen molar-refractivity contribution in [1.82, 2.24) is 0 Å². The van der Waals surface area contributed by atoms with Crippen LogP contribution < -0.4 is 10.6 Å². The monoisotopic (exact) mass is 220 g/mol. The van der Waals surface area contributed by atoms with E-state index < -0.39 is 5.41 Å². The number of ether oxygens (including phenoxy) is 1. The van der Waals surface area contributed by atoms with Crippen LogP contribution in [-0.4, -0.2) is 32.7 Å². The van der Waals surface area contributed by atoms with Gasteiger partial charge in [0.25, 0.3) is 0 Å². The van der Waals surface area contributed by atoms with Crippen LogP contribution in [0.15, 0.2) is 30.3 Å². The molecule has 1 aliphatic heterocycles. The van der Waals surface area contributed by atoms with Crippen molar-refractivity contribution in [3.05, 3.63) is 30.3 Å². The maximum absolute atomic E-state index is 12.2. The van der Waals surface area contributed by atoms with E-state index in [1.165, 1.54) is 0 Å². The summed E-state index contributed by atoms with van der Waals surface area (Å²) in [5, 5.41) is 0. The molecule has 1 amide bonds. The lowest BCUT2D eigenvalue weighted by atomic mass is 9.84. The fourth-order valence-electron chi connectivity index (χ4n) is 1.80. The molecular weight excluding hydrogens is 204 g/mol. The molecule has 16 heavy (non-hydrogen) atoms. The van der Waals surface area contributed by atoms with Crippen molar-refractivity contribution < 1.29 is 9.53 Å². The first-order chi connectivity index (χ1) is 7.69. The molecule has 0 saturated carbocycles. The third kappa shape index (κ3) is 1.70. The number of benzene rings is 1. The van der Waals surface area contributed by atoms with Crippen LogP contribution in [0.1, 0.15) is 0 Å². The summed E-state index contributed by atoms with van der Waals surface area (Å²) in [6.07, 6.45) is 0. The van der Waals surface area contributed by atoms with Gasteiger partial charge in [0.15, 0.2) is 0 Å². The van der Waals surface area contributed by atoms with Crippen molar-refractivity contribution in [2.24, 2.45) is 11.1 Å². The Labute approximate surface area is 95.0 Å². The molecule has 0 aliphatic carbocycles. The second kappa shape index (κ2) is 4.23. The lowest BCUT2D eigenvalue weighted by Crippen LogP contribution is -2.58. The Hall–Kier alpha value is -1.39. The molecule has 1 aromatic rings. The standard InChI is InChI=1S/C12H16N2O2/c1-14(10-5-3-2-4-6-10)11(15)12(7-13)8-16-9-12/h2-6H,7-9,13H2,1H3. The van der Waals surface area contributed by atoms with Crippen molar-refractivity contribution in [3.63, 3.8) is 0 Å². The lowest BCUT2D eigenvalue weighted by Gasteiger charge is -2.41. The van der Waals surface area contributed by atoms with Gasteiger partial charge in [0.2, 0.25) is 5.91 Å². The summed E-state index contributed by atoms with van der Waals surface area (Å²) in [7, 11) is 1.77. The number of anilines is 1. The Bertz CT molecular complexity index is 368. The third-order valence-corrected chi connectivity index (χ3v) is 3.05. The van der Waals surface area contributed by atoms with E-state index in [4.69, 9.17) is 10.5 Å². The Kier molecular flexibility index (Phi) is 2.94. The summed E-state index contributed by atoms with van der Waals surface area (Å²) in [6.45, 7) is 1.20. The number of nitrogens with two attached hydrogens (primary N) is 1. The first kappa shape index (κ1) is 11.1. The first-order valence-electron chi connectivity index (χ1n) is 5.31. The molecular formula is C12H16N2O2. The molecule has 1 aromatic carbocycles. The molecule has 1 fully saturated rings. The van der Waals surface area contributed by atoms with E-state index in [1.54, 1.807) is 11.9 Å². The predicted molar refractivity (Wildman–Crippen MR) is 62.2 cm³/mol. The maximum Gasteiger partial charge on any atom is 0.238 e. The fraction of sp³-hybridized carbons (Fsp3) is 0.417. The number of nitrogens with zero attached hydrogens (tertiary/aromatic N) is 1. The number of rotatable bonds is 3. The van der Waals surface area contributed by atoms with Crippen LogP contribution >= 0.6 is 0 Å². The number of hydrogen-bond acceptors (Lipinski definition) is 3. The van der Waals surface area contributed by atoms with Crippen molar-refractivity contribution in [3.8, 4) is 0 Å². The average Bonchev–Trinajstić information content (AvgIpc) is 2.28. The summed E-state index contributed by atoms with van der Waals surface area (Å²) in [6, 6.07) is 9.55. The summed E-state index contributed by atoms with van der Waals surface area (Å²) in [4.78, 5) is 13.9. The molecule has 0 unspecified atom stereocenters. The summed E-state index contributed by atoms with van der Waals surface area (Å²) < 4.78 is 5.11. The third-order valence-electron chi connectivity index (χ3n) is 3.05. The fourth-order valence-corrected chi connectivity index (χ4v) is 1.80. The van der Waals surface area contributed by atoms with Gasteiger partial charge in [0.1, 0.15) is 5.41 Å². The van der Waals surface area contributed by atoms with E-state index >= 15 is 0 Å². The highest BCUT2D eigenvalue weighted by Crippen LogP contribution is 2.30. The van der Waals surface area contributed by atoms with Gasteiger partial charge in [-0.15, -0.1) is 0 Å². The van der Waals surface area contributed by atoms with Crippen LogP contribution in [0.4, 0.5) is 5.69 Å². The van der Waals surface area contributed by atoms with Crippen LogP contribution in [-0.2, 0) is 9.53 Å². The van der Waals surface area contributed by atoms with E-state index in [0.717, 1.165) is 5.69 Å². The highest BCUT2D eigenvalue weighted by molar-refractivity contribution is 5.98. The lowest BCUT2D eigenvalue weighted by molar-refractivity contribution is -0.156. The van der Waals surface area contributed by atoms with Crippen molar-refractivity contribution in [1.29, 1.82) is 0 Å². The zero-order valence-corrected chi connectivity index (χ0v) is 9.35. The van der Waals surface area contributed by atoms with Gasteiger partial charge in [-0.1, -0.05) is 18.2 Å². The predicted octanol–water partition coefficient (Wildman–Crippen LogP) is 0.625. The number of carbonyl (C=O) groups is 1. The summed E-state index contributed by atoms with van der Waals surface area (Å²) in [5.74, 6) is 0.0347. The minimum atomic E-state index is -0.509. The highest BCUT2D eigenvalue weighted by Gasteiger charge is 2.46. The molecule has 1 aliphatic rings. The summed E-state index contributed by atoms with van der Waals surface area (Å²) >= 11 is 0. The smallest absolute Gasteiger partial charge is 0.238 e. The van der Waals surface area contributed by atoms with Gasteiger partial charge in [-0.2, -0.15) is 0 Å². The topological polar surface area (TPSA) is 55.6 Å². The number of amides is 1. The number of para-hydroxylation sites is 1. The van der Waals surface area contributed by atoms with Gasteiger partial charge in [-0.05, 0) is 12.1 Å². The molecule has 0 aromatic heterocycles. The minimum absolute atomic E-state index is 0.0347. The first-order valence-corrected chi connectivity index (χ1v) is 5.31. The maximum atomic E-state index is 12.2. The zero-order valence-electron chi connectivity index (χ0n) is 9.35. The SMILES string of the molecule is CN(C(=O)C1(CN)COC1)c1ccccc1. The highest BCUT2D eigenvalue weighted by atomic mass is 16.5. The molecule has 0 radical (unpaired) electrons. The van der Waals surface area contributed by atoms with E-state index in [-0.39, 0.29) is 5.91 Å².